The van der Waals surface area contributed by atoms with Crippen molar-refractivity contribution in [1.29, 1.82) is 0 Å². The van der Waals surface area contributed by atoms with Crippen LogP contribution in [0.2, 0.25) is 6.04 Å². The molecule has 0 spiro atoms. The molecule has 0 atom stereocenters. The molecular weight excluding hydrogens is 248 g/mol. The predicted molar refractivity (Wildman–Crippen MR) is 87.4 cm³/mol. The summed E-state index contributed by atoms with van der Waals surface area (Å²) in [5, 5.41) is 0. The van der Waals surface area contributed by atoms with Crippen LogP contribution in [0.3, 0.4) is 0 Å². The zero-order valence-electron chi connectivity index (χ0n) is 12.7. The SMILES string of the molecule is C=C[SiH2]CCCC(N1CCCCC1)N1CCCCC1. The van der Waals surface area contributed by atoms with Gasteiger partial charge in [-0.3, -0.25) is 9.80 Å². The maximum atomic E-state index is 3.90. The molecule has 0 aromatic rings. The molecule has 19 heavy (non-hydrogen) atoms. The van der Waals surface area contributed by atoms with E-state index in [1.807, 2.05) is 0 Å². The Bertz CT molecular complexity index is 227. The highest BCUT2D eigenvalue weighted by Crippen LogP contribution is 2.22. The Morgan fingerprint density at radius 3 is 1.89 bits per heavy atom. The molecule has 0 radical (unpaired) electrons. The van der Waals surface area contributed by atoms with Gasteiger partial charge in [0.05, 0.1) is 6.17 Å². The van der Waals surface area contributed by atoms with Gasteiger partial charge in [-0.15, -0.1) is 12.3 Å². The summed E-state index contributed by atoms with van der Waals surface area (Å²) in [6.07, 6.45) is 12.2. The van der Waals surface area contributed by atoms with E-state index in [0.29, 0.717) is 0 Å². The largest absolute Gasteiger partial charge is 0.288 e. The minimum absolute atomic E-state index is 0.0488. The Hall–Kier alpha value is -0.123. The third-order valence-electron chi connectivity index (χ3n) is 4.74. The third kappa shape index (κ3) is 5.05. The van der Waals surface area contributed by atoms with Crippen molar-refractivity contribution in [2.75, 3.05) is 26.2 Å². The first kappa shape index (κ1) is 15.3. The molecule has 0 bridgehead atoms. The summed E-state index contributed by atoms with van der Waals surface area (Å²) in [7, 11) is 0.0488. The minimum atomic E-state index is 0.0488. The van der Waals surface area contributed by atoms with Gasteiger partial charge in [-0.2, -0.15) is 0 Å². The van der Waals surface area contributed by atoms with Gasteiger partial charge < -0.3 is 0 Å². The fourth-order valence-electron chi connectivity index (χ4n) is 3.64. The first-order valence-corrected chi connectivity index (χ1v) is 10.3. The molecule has 2 aliphatic heterocycles. The first-order valence-electron chi connectivity index (χ1n) is 8.51. The first-order chi connectivity index (χ1) is 9.42. The van der Waals surface area contributed by atoms with E-state index in [4.69, 9.17) is 0 Å². The summed E-state index contributed by atoms with van der Waals surface area (Å²) in [6.45, 7) is 9.29. The van der Waals surface area contributed by atoms with E-state index >= 15 is 0 Å². The molecule has 2 fully saturated rings. The van der Waals surface area contributed by atoms with Crippen molar-refractivity contribution in [2.45, 2.75) is 63.6 Å². The van der Waals surface area contributed by atoms with Gasteiger partial charge in [0.15, 0.2) is 0 Å². The predicted octanol–water partition coefficient (Wildman–Crippen LogP) is 2.80. The third-order valence-corrected chi connectivity index (χ3v) is 6.06. The van der Waals surface area contributed by atoms with E-state index in [2.05, 4.69) is 22.1 Å². The zero-order chi connectivity index (χ0) is 13.3. The van der Waals surface area contributed by atoms with Gasteiger partial charge in [-0.1, -0.05) is 25.3 Å². The van der Waals surface area contributed by atoms with Gasteiger partial charge in [0.2, 0.25) is 0 Å². The lowest BCUT2D eigenvalue weighted by molar-refractivity contribution is 0.0115. The van der Waals surface area contributed by atoms with Gasteiger partial charge in [0, 0.05) is 9.52 Å². The van der Waals surface area contributed by atoms with Crippen LogP contribution < -0.4 is 0 Å². The van der Waals surface area contributed by atoms with E-state index in [-0.39, 0.29) is 9.52 Å². The molecule has 2 rings (SSSR count). The number of likely N-dealkylation sites (tertiary alicyclic amines) is 2. The maximum Gasteiger partial charge on any atom is 0.0622 e. The van der Waals surface area contributed by atoms with Gasteiger partial charge in [0.25, 0.3) is 0 Å². The zero-order valence-corrected chi connectivity index (χ0v) is 14.1. The summed E-state index contributed by atoms with van der Waals surface area (Å²) in [4.78, 5) is 5.59. The van der Waals surface area contributed by atoms with Gasteiger partial charge in [-0.25, -0.2) is 0 Å². The molecule has 0 aromatic carbocycles. The van der Waals surface area contributed by atoms with E-state index in [9.17, 15) is 0 Å². The number of nitrogens with zero attached hydrogens (tertiary/aromatic N) is 2. The van der Waals surface area contributed by atoms with Crippen LogP contribution in [0.4, 0.5) is 0 Å². The van der Waals surface area contributed by atoms with Crippen LogP contribution in [0.5, 0.6) is 0 Å². The van der Waals surface area contributed by atoms with Crippen molar-refractivity contribution in [1.82, 2.24) is 9.80 Å². The topological polar surface area (TPSA) is 6.48 Å². The van der Waals surface area contributed by atoms with E-state index < -0.39 is 0 Å². The number of hydrogen-bond donors (Lipinski definition) is 0. The molecule has 0 unspecified atom stereocenters. The number of piperidine rings is 2. The minimum Gasteiger partial charge on any atom is -0.288 e. The van der Waals surface area contributed by atoms with Crippen molar-refractivity contribution < 1.29 is 0 Å². The molecule has 2 nitrogen and oxygen atoms in total. The smallest absolute Gasteiger partial charge is 0.0622 e. The molecule has 2 heterocycles. The van der Waals surface area contributed by atoms with Crippen LogP contribution in [0.15, 0.2) is 12.3 Å². The standard InChI is InChI=1S/C16H32N2Si/c1-2-19-15-9-10-16(17-11-5-3-6-12-17)18-13-7-4-8-14-18/h2,16H,1,3-15,19H2. The summed E-state index contributed by atoms with van der Waals surface area (Å²) in [5.41, 5.74) is 2.21. The average Bonchev–Trinajstić information content (AvgIpc) is 2.49. The molecular formula is C16H32N2Si. The van der Waals surface area contributed by atoms with E-state index in [1.54, 1.807) is 0 Å². The lowest BCUT2D eigenvalue weighted by atomic mass is 10.1. The summed E-state index contributed by atoms with van der Waals surface area (Å²) in [6, 6.07) is 1.46. The van der Waals surface area contributed by atoms with Crippen molar-refractivity contribution in [3.63, 3.8) is 0 Å². The van der Waals surface area contributed by atoms with Gasteiger partial charge >= 0.3 is 0 Å². The fourth-order valence-corrected chi connectivity index (χ4v) is 4.51. The highest BCUT2D eigenvalue weighted by Gasteiger charge is 2.26. The lowest BCUT2D eigenvalue weighted by Gasteiger charge is -2.43. The highest BCUT2D eigenvalue weighted by atomic mass is 28.2. The molecule has 2 saturated heterocycles. The van der Waals surface area contributed by atoms with Crippen molar-refractivity contribution in [3.8, 4) is 0 Å². The summed E-state index contributed by atoms with van der Waals surface area (Å²) < 4.78 is 0. The van der Waals surface area contributed by atoms with Crippen LogP contribution in [-0.4, -0.2) is 51.7 Å². The molecule has 0 aliphatic carbocycles. The lowest BCUT2D eigenvalue weighted by Crippen LogP contribution is -2.51. The van der Waals surface area contributed by atoms with Gasteiger partial charge in [-0.05, 0) is 58.3 Å². The van der Waals surface area contributed by atoms with Crippen LogP contribution in [0, 0.1) is 0 Å². The maximum absolute atomic E-state index is 3.90. The van der Waals surface area contributed by atoms with Crippen molar-refractivity contribution >= 4 is 9.52 Å². The van der Waals surface area contributed by atoms with Crippen LogP contribution in [0.25, 0.3) is 0 Å². The van der Waals surface area contributed by atoms with E-state index in [0.717, 1.165) is 6.17 Å². The monoisotopic (exact) mass is 280 g/mol. The average molecular weight is 281 g/mol. The number of rotatable bonds is 7. The number of hydrogen-bond acceptors (Lipinski definition) is 2. The van der Waals surface area contributed by atoms with Crippen LogP contribution >= 0.6 is 0 Å². The highest BCUT2D eigenvalue weighted by molar-refractivity contribution is 6.41. The Morgan fingerprint density at radius 1 is 0.895 bits per heavy atom. The summed E-state index contributed by atoms with van der Waals surface area (Å²) in [5.74, 6) is 0. The molecule has 110 valence electrons. The van der Waals surface area contributed by atoms with E-state index in [1.165, 1.54) is 83.6 Å². The normalized spacial score (nSPS) is 23.4. The second kappa shape index (κ2) is 8.93. The second-order valence-electron chi connectivity index (χ2n) is 6.25. The van der Waals surface area contributed by atoms with Crippen molar-refractivity contribution in [2.24, 2.45) is 0 Å². The second-order valence-corrected chi connectivity index (χ2v) is 8.11. The van der Waals surface area contributed by atoms with Crippen molar-refractivity contribution in [3.05, 3.63) is 12.3 Å². The Balaban J connectivity index is 1.84. The Morgan fingerprint density at radius 2 is 1.42 bits per heavy atom. The quantitative estimate of drug-likeness (QED) is 0.523. The van der Waals surface area contributed by atoms with Gasteiger partial charge in [0.1, 0.15) is 0 Å². The summed E-state index contributed by atoms with van der Waals surface area (Å²) >= 11 is 0. The fraction of sp³-hybridized carbons (Fsp3) is 0.875. The molecule has 3 heteroatoms. The molecule has 0 aromatic heterocycles. The molecule has 2 aliphatic rings. The Labute approximate surface area is 122 Å². The van der Waals surface area contributed by atoms with Crippen LogP contribution in [0.1, 0.15) is 51.4 Å². The molecule has 0 saturated carbocycles. The molecule has 0 N–H and O–H groups in total. The van der Waals surface area contributed by atoms with Crippen LogP contribution in [-0.2, 0) is 0 Å². The molecule has 0 amide bonds. The Kier molecular flexibility index (Phi) is 7.18.